The van der Waals surface area contributed by atoms with Gasteiger partial charge in [0, 0.05) is 17.5 Å². The first-order chi connectivity index (χ1) is 7.41. The average molecular weight is 242 g/mol. The van der Waals surface area contributed by atoms with Crippen molar-refractivity contribution < 1.29 is 9.90 Å². The molecule has 0 spiro atoms. The predicted octanol–water partition coefficient (Wildman–Crippen LogP) is 2.82. The molecule has 0 fully saturated rings. The minimum atomic E-state index is -0.821. The molecule has 0 aliphatic heterocycles. The van der Waals surface area contributed by atoms with Crippen LogP contribution in [0.4, 0.5) is 0 Å². The first-order valence-corrected chi connectivity index (χ1v) is 5.53. The molecule has 1 aromatic carbocycles. The number of nitrogens with two attached hydrogens (primary N) is 1. The van der Waals surface area contributed by atoms with Crippen molar-refractivity contribution in [2.75, 3.05) is 0 Å². The quantitative estimate of drug-likeness (QED) is 0.852. The smallest absolute Gasteiger partial charge is 0.303 e. The molecule has 16 heavy (non-hydrogen) atoms. The highest BCUT2D eigenvalue weighted by molar-refractivity contribution is 6.32. The maximum Gasteiger partial charge on any atom is 0.303 e. The highest BCUT2D eigenvalue weighted by Gasteiger charge is 2.11. The molecule has 0 aliphatic rings. The van der Waals surface area contributed by atoms with Crippen molar-refractivity contribution in [1.82, 2.24) is 0 Å². The van der Waals surface area contributed by atoms with E-state index in [1.807, 2.05) is 26.0 Å². The van der Waals surface area contributed by atoms with Crippen LogP contribution in [0.2, 0.25) is 5.02 Å². The lowest BCUT2D eigenvalue weighted by molar-refractivity contribution is -0.137. The fraction of sp³-hybridized carbons (Fsp3) is 0.417. The maximum absolute atomic E-state index is 10.4. The topological polar surface area (TPSA) is 63.3 Å². The molecule has 88 valence electrons. The number of hydrogen-bond acceptors (Lipinski definition) is 2. The van der Waals surface area contributed by atoms with Gasteiger partial charge in [-0.15, -0.1) is 0 Å². The van der Waals surface area contributed by atoms with E-state index in [1.165, 1.54) is 0 Å². The second-order valence-corrected chi connectivity index (χ2v) is 4.39. The van der Waals surface area contributed by atoms with Crippen molar-refractivity contribution >= 4 is 17.6 Å². The summed E-state index contributed by atoms with van der Waals surface area (Å²) in [5, 5.41) is 9.33. The van der Waals surface area contributed by atoms with Gasteiger partial charge in [-0.2, -0.15) is 0 Å². The molecule has 0 bridgehead atoms. The summed E-state index contributed by atoms with van der Waals surface area (Å²) < 4.78 is 0. The zero-order valence-corrected chi connectivity index (χ0v) is 10.2. The molecule has 0 aliphatic carbocycles. The van der Waals surface area contributed by atoms with Gasteiger partial charge in [0.1, 0.15) is 0 Å². The van der Waals surface area contributed by atoms with Gasteiger partial charge in [-0.3, -0.25) is 4.79 Å². The molecule has 3 nitrogen and oxygen atoms in total. The van der Waals surface area contributed by atoms with Crippen LogP contribution in [0.5, 0.6) is 0 Å². The molecule has 0 heterocycles. The SMILES string of the molecule is Cc1cc(C(N)CCC(=O)O)cc(C)c1Cl. The second kappa shape index (κ2) is 5.32. The number of carboxylic acid groups (broad SMARTS) is 1. The number of aliphatic carboxylic acids is 1. The minimum absolute atomic E-state index is 0.0852. The number of aryl methyl sites for hydroxylation is 2. The lowest BCUT2D eigenvalue weighted by Gasteiger charge is -2.13. The van der Waals surface area contributed by atoms with Gasteiger partial charge in [-0.25, -0.2) is 0 Å². The van der Waals surface area contributed by atoms with Gasteiger partial charge >= 0.3 is 5.97 Å². The van der Waals surface area contributed by atoms with Crippen molar-refractivity contribution in [1.29, 1.82) is 0 Å². The standard InChI is InChI=1S/C12H16ClNO2/c1-7-5-9(6-8(2)12(7)13)10(14)3-4-11(15)16/h5-6,10H,3-4,14H2,1-2H3,(H,15,16). The summed E-state index contributed by atoms with van der Waals surface area (Å²) in [6.07, 6.45) is 0.526. The number of carbonyl (C=O) groups is 1. The van der Waals surface area contributed by atoms with Crippen molar-refractivity contribution in [3.63, 3.8) is 0 Å². The molecule has 0 saturated carbocycles. The van der Waals surface area contributed by atoms with E-state index >= 15 is 0 Å². The molecule has 0 amide bonds. The van der Waals surface area contributed by atoms with E-state index in [0.717, 1.165) is 21.7 Å². The Morgan fingerprint density at radius 1 is 1.44 bits per heavy atom. The normalized spacial score (nSPS) is 12.5. The Morgan fingerprint density at radius 3 is 2.38 bits per heavy atom. The van der Waals surface area contributed by atoms with Crippen molar-refractivity contribution in [3.8, 4) is 0 Å². The van der Waals surface area contributed by atoms with Gasteiger partial charge in [0.15, 0.2) is 0 Å². The van der Waals surface area contributed by atoms with Crippen LogP contribution in [0.1, 0.15) is 35.6 Å². The molecule has 1 rings (SSSR count). The summed E-state index contributed by atoms with van der Waals surface area (Å²) in [5.74, 6) is -0.821. The van der Waals surface area contributed by atoms with Crippen molar-refractivity contribution in [2.45, 2.75) is 32.7 Å². The molecule has 1 atom stereocenters. The van der Waals surface area contributed by atoms with Gasteiger partial charge in [-0.05, 0) is 37.0 Å². The predicted molar refractivity (Wildman–Crippen MR) is 64.7 cm³/mol. The van der Waals surface area contributed by atoms with Crippen LogP contribution < -0.4 is 5.73 Å². The Kier molecular flexibility index (Phi) is 4.33. The van der Waals surface area contributed by atoms with Crippen LogP contribution in [0.3, 0.4) is 0 Å². The van der Waals surface area contributed by atoms with E-state index < -0.39 is 5.97 Å². The van der Waals surface area contributed by atoms with Crippen LogP contribution in [0, 0.1) is 13.8 Å². The molecule has 0 saturated heterocycles. The molecular weight excluding hydrogens is 226 g/mol. The second-order valence-electron chi connectivity index (χ2n) is 4.01. The Bertz CT molecular complexity index is 381. The fourth-order valence-corrected chi connectivity index (χ4v) is 1.75. The Hall–Kier alpha value is -1.06. The Balaban J connectivity index is 2.84. The van der Waals surface area contributed by atoms with Gasteiger partial charge < -0.3 is 10.8 Å². The maximum atomic E-state index is 10.4. The number of halogens is 1. The van der Waals surface area contributed by atoms with Gasteiger partial charge in [0.05, 0.1) is 0 Å². The van der Waals surface area contributed by atoms with E-state index in [4.69, 9.17) is 22.4 Å². The third kappa shape index (κ3) is 3.22. The molecule has 1 unspecified atom stereocenters. The Morgan fingerprint density at radius 2 is 1.94 bits per heavy atom. The summed E-state index contributed by atoms with van der Waals surface area (Å²) in [6, 6.07) is 3.59. The monoisotopic (exact) mass is 241 g/mol. The van der Waals surface area contributed by atoms with Crippen LogP contribution in [0.25, 0.3) is 0 Å². The first-order valence-electron chi connectivity index (χ1n) is 5.16. The highest BCUT2D eigenvalue weighted by Crippen LogP contribution is 2.25. The van der Waals surface area contributed by atoms with Crippen molar-refractivity contribution in [2.24, 2.45) is 5.73 Å². The van der Waals surface area contributed by atoms with Crippen LogP contribution >= 0.6 is 11.6 Å². The van der Waals surface area contributed by atoms with E-state index in [2.05, 4.69) is 0 Å². The van der Waals surface area contributed by atoms with E-state index in [0.29, 0.717) is 6.42 Å². The number of benzene rings is 1. The Labute approximate surface area is 100 Å². The van der Waals surface area contributed by atoms with Crippen molar-refractivity contribution in [3.05, 3.63) is 33.8 Å². The molecule has 4 heteroatoms. The lowest BCUT2D eigenvalue weighted by atomic mass is 9.98. The van der Waals surface area contributed by atoms with E-state index in [-0.39, 0.29) is 12.5 Å². The summed E-state index contributed by atoms with van der Waals surface area (Å²) in [6.45, 7) is 3.84. The van der Waals surface area contributed by atoms with Gasteiger partial charge in [0.2, 0.25) is 0 Å². The molecular formula is C12H16ClNO2. The minimum Gasteiger partial charge on any atom is -0.481 e. The summed E-state index contributed by atoms with van der Waals surface area (Å²) >= 11 is 6.05. The lowest BCUT2D eigenvalue weighted by Crippen LogP contribution is -2.12. The summed E-state index contributed by atoms with van der Waals surface area (Å²) in [4.78, 5) is 10.4. The van der Waals surface area contributed by atoms with Gasteiger partial charge in [0.25, 0.3) is 0 Å². The first kappa shape index (κ1) is 13.0. The number of hydrogen-bond donors (Lipinski definition) is 2. The third-order valence-electron chi connectivity index (χ3n) is 2.56. The average Bonchev–Trinajstić information content (AvgIpc) is 2.21. The fourth-order valence-electron chi connectivity index (χ4n) is 1.64. The summed E-state index contributed by atoms with van der Waals surface area (Å²) in [7, 11) is 0. The van der Waals surface area contributed by atoms with Crippen LogP contribution in [0.15, 0.2) is 12.1 Å². The zero-order chi connectivity index (χ0) is 12.3. The van der Waals surface area contributed by atoms with Crippen LogP contribution in [-0.2, 0) is 4.79 Å². The van der Waals surface area contributed by atoms with Crippen LogP contribution in [-0.4, -0.2) is 11.1 Å². The van der Waals surface area contributed by atoms with Gasteiger partial charge in [-0.1, -0.05) is 23.7 Å². The van der Waals surface area contributed by atoms with E-state index in [1.54, 1.807) is 0 Å². The van der Waals surface area contributed by atoms with E-state index in [9.17, 15) is 4.79 Å². The molecule has 0 radical (unpaired) electrons. The third-order valence-corrected chi connectivity index (χ3v) is 3.15. The molecule has 0 aromatic heterocycles. The zero-order valence-electron chi connectivity index (χ0n) is 9.46. The molecule has 3 N–H and O–H groups in total. The largest absolute Gasteiger partial charge is 0.481 e. The molecule has 1 aromatic rings. The summed E-state index contributed by atoms with van der Waals surface area (Å²) in [5.41, 5.74) is 8.82. The number of rotatable bonds is 4. The highest BCUT2D eigenvalue weighted by atomic mass is 35.5. The number of carboxylic acids is 1.